The Morgan fingerprint density at radius 3 is 2.93 bits per heavy atom. The molecule has 0 bridgehead atoms. The molecule has 3 N–H and O–H groups in total. The van der Waals surface area contributed by atoms with E-state index >= 15 is 0 Å². The Morgan fingerprint density at radius 1 is 1.40 bits per heavy atom. The standard InChI is InChI=1S/C11H16N4/c1-8(2)13-7-11-14-6-10(15-11)9-4-3-5-12-9/h3-6,8,12-13H,7H2,1-2H3,(H,14,15). The fourth-order valence-corrected chi connectivity index (χ4v) is 1.39. The number of aromatic amines is 2. The van der Waals surface area contributed by atoms with Crippen LogP contribution in [-0.2, 0) is 6.54 Å². The van der Waals surface area contributed by atoms with Crippen LogP contribution in [0, 0.1) is 0 Å². The van der Waals surface area contributed by atoms with Crippen LogP contribution in [0.5, 0.6) is 0 Å². The number of rotatable bonds is 4. The van der Waals surface area contributed by atoms with E-state index in [1.165, 1.54) is 0 Å². The van der Waals surface area contributed by atoms with Crippen LogP contribution in [0.1, 0.15) is 19.7 Å². The quantitative estimate of drug-likeness (QED) is 0.712. The van der Waals surface area contributed by atoms with Gasteiger partial charge in [0.25, 0.3) is 0 Å². The number of aromatic nitrogens is 3. The highest BCUT2D eigenvalue weighted by atomic mass is 15.0. The molecule has 0 saturated carbocycles. The molecule has 0 aliphatic heterocycles. The van der Waals surface area contributed by atoms with Crippen molar-refractivity contribution in [3.8, 4) is 11.4 Å². The zero-order valence-corrected chi connectivity index (χ0v) is 9.04. The summed E-state index contributed by atoms with van der Waals surface area (Å²) in [5.41, 5.74) is 2.10. The summed E-state index contributed by atoms with van der Waals surface area (Å²) in [7, 11) is 0. The molecule has 2 aromatic rings. The van der Waals surface area contributed by atoms with Crippen LogP contribution in [0.4, 0.5) is 0 Å². The van der Waals surface area contributed by atoms with E-state index in [9.17, 15) is 0 Å². The Morgan fingerprint density at radius 2 is 2.27 bits per heavy atom. The van der Waals surface area contributed by atoms with E-state index in [1.807, 2.05) is 24.5 Å². The van der Waals surface area contributed by atoms with Crippen molar-refractivity contribution in [3.05, 3.63) is 30.4 Å². The minimum absolute atomic E-state index is 0.476. The second-order valence-corrected chi connectivity index (χ2v) is 3.86. The molecule has 0 fully saturated rings. The number of nitrogens with zero attached hydrogens (tertiary/aromatic N) is 1. The molecule has 80 valence electrons. The monoisotopic (exact) mass is 204 g/mol. The maximum Gasteiger partial charge on any atom is 0.120 e. The Bertz CT molecular complexity index is 400. The van der Waals surface area contributed by atoms with Gasteiger partial charge in [0.15, 0.2) is 0 Å². The van der Waals surface area contributed by atoms with Gasteiger partial charge >= 0.3 is 0 Å². The molecule has 2 aromatic heterocycles. The Labute approximate surface area is 89.1 Å². The van der Waals surface area contributed by atoms with Crippen LogP contribution in [0.25, 0.3) is 11.4 Å². The van der Waals surface area contributed by atoms with E-state index in [2.05, 4.69) is 34.1 Å². The molecule has 0 spiro atoms. The van der Waals surface area contributed by atoms with Crippen LogP contribution < -0.4 is 5.32 Å². The van der Waals surface area contributed by atoms with Crippen LogP contribution in [0.2, 0.25) is 0 Å². The fraction of sp³-hybridized carbons (Fsp3) is 0.364. The lowest BCUT2D eigenvalue weighted by Crippen LogP contribution is -2.22. The van der Waals surface area contributed by atoms with Crippen LogP contribution in [0.15, 0.2) is 24.5 Å². The first-order valence-electron chi connectivity index (χ1n) is 5.16. The molecule has 0 unspecified atom stereocenters. The average Bonchev–Trinajstić information content (AvgIpc) is 2.85. The topological polar surface area (TPSA) is 56.5 Å². The molecular formula is C11H16N4. The van der Waals surface area contributed by atoms with Crippen molar-refractivity contribution in [1.82, 2.24) is 20.3 Å². The number of H-pyrrole nitrogens is 2. The molecule has 0 radical (unpaired) electrons. The zero-order valence-electron chi connectivity index (χ0n) is 9.04. The molecule has 4 nitrogen and oxygen atoms in total. The lowest BCUT2D eigenvalue weighted by molar-refractivity contribution is 0.575. The van der Waals surface area contributed by atoms with E-state index in [0.717, 1.165) is 23.8 Å². The molecule has 0 amide bonds. The summed E-state index contributed by atoms with van der Waals surface area (Å²) in [5, 5.41) is 3.32. The zero-order chi connectivity index (χ0) is 10.7. The summed E-state index contributed by atoms with van der Waals surface area (Å²) in [6.45, 7) is 5.02. The van der Waals surface area contributed by atoms with Gasteiger partial charge in [0.1, 0.15) is 5.82 Å². The minimum Gasteiger partial charge on any atom is -0.360 e. The highest BCUT2D eigenvalue weighted by Gasteiger charge is 2.03. The van der Waals surface area contributed by atoms with Crippen molar-refractivity contribution in [3.63, 3.8) is 0 Å². The average molecular weight is 204 g/mol. The van der Waals surface area contributed by atoms with Crippen molar-refractivity contribution in [2.75, 3.05) is 0 Å². The summed E-state index contributed by atoms with van der Waals surface area (Å²) in [6.07, 6.45) is 3.76. The summed E-state index contributed by atoms with van der Waals surface area (Å²) >= 11 is 0. The van der Waals surface area contributed by atoms with E-state index in [1.54, 1.807) is 0 Å². The van der Waals surface area contributed by atoms with Gasteiger partial charge in [0, 0.05) is 12.2 Å². The fourth-order valence-electron chi connectivity index (χ4n) is 1.39. The van der Waals surface area contributed by atoms with Gasteiger partial charge in [-0.05, 0) is 12.1 Å². The third-order valence-electron chi connectivity index (χ3n) is 2.19. The van der Waals surface area contributed by atoms with Gasteiger partial charge in [-0.1, -0.05) is 13.8 Å². The van der Waals surface area contributed by atoms with Crippen molar-refractivity contribution < 1.29 is 0 Å². The lowest BCUT2D eigenvalue weighted by Gasteiger charge is -2.04. The Hall–Kier alpha value is -1.55. The van der Waals surface area contributed by atoms with E-state index < -0.39 is 0 Å². The molecule has 4 heteroatoms. The first-order valence-corrected chi connectivity index (χ1v) is 5.16. The van der Waals surface area contributed by atoms with Crippen LogP contribution in [0.3, 0.4) is 0 Å². The minimum atomic E-state index is 0.476. The van der Waals surface area contributed by atoms with E-state index in [4.69, 9.17) is 0 Å². The third kappa shape index (κ3) is 2.47. The number of hydrogen-bond acceptors (Lipinski definition) is 2. The van der Waals surface area contributed by atoms with Gasteiger partial charge in [0.2, 0.25) is 0 Å². The second-order valence-electron chi connectivity index (χ2n) is 3.86. The number of hydrogen-bond donors (Lipinski definition) is 3. The van der Waals surface area contributed by atoms with E-state index in [0.29, 0.717) is 6.04 Å². The molecule has 2 rings (SSSR count). The Balaban J connectivity index is 2.04. The molecule has 15 heavy (non-hydrogen) atoms. The van der Waals surface area contributed by atoms with Gasteiger partial charge in [-0.25, -0.2) is 4.98 Å². The van der Waals surface area contributed by atoms with Gasteiger partial charge in [-0.2, -0.15) is 0 Å². The molecule has 0 atom stereocenters. The summed E-state index contributed by atoms with van der Waals surface area (Å²) in [6, 6.07) is 4.47. The summed E-state index contributed by atoms with van der Waals surface area (Å²) in [4.78, 5) is 10.7. The first kappa shape index (κ1) is 9.98. The number of nitrogens with one attached hydrogen (secondary N) is 3. The van der Waals surface area contributed by atoms with Crippen molar-refractivity contribution in [2.24, 2.45) is 0 Å². The van der Waals surface area contributed by atoms with Gasteiger partial charge < -0.3 is 15.3 Å². The maximum absolute atomic E-state index is 4.31. The summed E-state index contributed by atoms with van der Waals surface area (Å²) in [5.74, 6) is 0.966. The molecule has 0 saturated heterocycles. The van der Waals surface area contributed by atoms with E-state index in [-0.39, 0.29) is 0 Å². The molecule has 0 aliphatic carbocycles. The largest absolute Gasteiger partial charge is 0.360 e. The smallest absolute Gasteiger partial charge is 0.120 e. The summed E-state index contributed by atoms with van der Waals surface area (Å²) < 4.78 is 0. The highest BCUT2D eigenvalue weighted by Crippen LogP contribution is 2.13. The molecule has 0 aromatic carbocycles. The van der Waals surface area contributed by atoms with Crippen molar-refractivity contribution >= 4 is 0 Å². The first-order chi connectivity index (χ1) is 7.25. The molecule has 2 heterocycles. The predicted octanol–water partition coefficient (Wildman–Crippen LogP) is 1.90. The lowest BCUT2D eigenvalue weighted by atomic mass is 10.3. The highest BCUT2D eigenvalue weighted by molar-refractivity contribution is 5.53. The third-order valence-corrected chi connectivity index (χ3v) is 2.19. The predicted molar refractivity (Wildman–Crippen MR) is 60.4 cm³/mol. The molecule has 0 aliphatic rings. The normalized spacial score (nSPS) is 11.1. The Kier molecular flexibility index (Phi) is 2.87. The van der Waals surface area contributed by atoms with Crippen LogP contribution >= 0.6 is 0 Å². The second kappa shape index (κ2) is 4.31. The van der Waals surface area contributed by atoms with Crippen LogP contribution in [-0.4, -0.2) is 21.0 Å². The van der Waals surface area contributed by atoms with Gasteiger partial charge in [-0.15, -0.1) is 0 Å². The maximum atomic E-state index is 4.31. The van der Waals surface area contributed by atoms with Crippen molar-refractivity contribution in [1.29, 1.82) is 0 Å². The van der Waals surface area contributed by atoms with Gasteiger partial charge in [0.05, 0.1) is 24.1 Å². The van der Waals surface area contributed by atoms with Gasteiger partial charge in [-0.3, -0.25) is 0 Å². The van der Waals surface area contributed by atoms with Crippen molar-refractivity contribution in [2.45, 2.75) is 26.4 Å². The SMILES string of the molecule is CC(C)NCc1ncc(-c2ccc[nH]2)[nH]1. The number of imidazole rings is 1. The molecular weight excluding hydrogens is 188 g/mol.